The summed E-state index contributed by atoms with van der Waals surface area (Å²) in [6.07, 6.45) is 9.85. The minimum absolute atomic E-state index is 0.193. The molecule has 1 heterocycles. The van der Waals surface area contributed by atoms with Crippen LogP contribution in [0.4, 0.5) is 0 Å². The Morgan fingerprint density at radius 2 is 1.65 bits per heavy atom. The molecule has 1 atom stereocenters. The van der Waals surface area contributed by atoms with Crippen LogP contribution in [0.3, 0.4) is 0 Å². The van der Waals surface area contributed by atoms with E-state index in [9.17, 15) is 0 Å². The van der Waals surface area contributed by atoms with Gasteiger partial charge in [0.25, 0.3) is 0 Å². The molecule has 1 saturated carbocycles. The fourth-order valence-corrected chi connectivity index (χ4v) is 4.06. The molecule has 110 valence electrons. The SMILES string of the molecule is NC(CCN1CCC2(CCCC2)CC1)c1ccccc1. The molecule has 20 heavy (non-hydrogen) atoms. The van der Waals surface area contributed by atoms with Crippen molar-refractivity contribution in [3.8, 4) is 0 Å². The molecule has 3 rings (SSSR count). The van der Waals surface area contributed by atoms with Gasteiger partial charge in [0.05, 0.1) is 0 Å². The highest BCUT2D eigenvalue weighted by molar-refractivity contribution is 5.18. The van der Waals surface area contributed by atoms with E-state index in [1.54, 1.807) is 0 Å². The van der Waals surface area contributed by atoms with Gasteiger partial charge in [-0.3, -0.25) is 0 Å². The highest BCUT2D eigenvalue weighted by Gasteiger charge is 2.36. The van der Waals surface area contributed by atoms with Crippen LogP contribution >= 0.6 is 0 Å². The Labute approximate surface area is 123 Å². The Balaban J connectivity index is 1.44. The molecule has 1 aromatic rings. The van der Waals surface area contributed by atoms with E-state index in [2.05, 4.69) is 35.2 Å². The van der Waals surface area contributed by atoms with E-state index in [4.69, 9.17) is 5.73 Å². The third-order valence-corrected chi connectivity index (χ3v) is 5.56. The zero-order chi connectivity index (χ0) is 13.8. The van der Waals surface area contributed by atoms with Gasteiger partial charge in [0, 0.05) is 6.04 Å². The molecule has 1 aliphatic carbocycles. The first-order valence-electron chi connectivity index (χ1n) is 8.30. The first-order chi connectivity index (χ1) is 9.77. The minimum atomic E-state index is 0.193. The predicted molar refractivity (Wildman–Crippen MR) is 84.6 cm³/mol. The lowest BCUT2D eigenvalue weighted by molar-refractivity contribution is 0.106. The molecule has 0 radical (unpaired) electrons. The van der Waals surface area contributed by atoms with Crippen molar-refractivity contribution in [3.05, 3.63) is 35.9 Å². The van der Waals surface area contributed by atoms with Crippen LogP contribution in [0.25, 0.3) is 0 Å². The molecule has 1 aromatic carbocycles. The number of hydrogen-bond donors (Lipinski definition) is 1. The van der Waals surface area contributed by atoms with Crippen LogP contribution in [0.1, 0.15) is 56.6 Å². The van der Waals surface area contributed by atoms with Gasteiger partial charge in [0.2, 0.25) is 0 Å². The molecule has 2 N–H and O–H groups in total. The number of benzene rings is 1. The zero-order valence-corrected chi connectivity index (χ0v) is 12.6. The molecular formula is C18H28N2. The average Bonchev–Trinajstić information content (AvgIpc) is 2.96. The Bertz CT molecular complexity index is 399. The lowest BCUT2D eigenvalue weighted by Crippen LogP contribution is -2.39. The van der Waals surface area contributed by atoms with Gasteiger partial charge in [-0.05, 0) is 62.7 Å². The summed E-state index contributed by atoms with van der Waals surface area (Å²) >= 11 is 0. The highest BCUT2D eigenvalue weighted by atomic mass is 15.1. The van der Waals surface area contributed by atoms with E-state index in [0.717, 1.165) is 18.4 Å². The summed E-state index contributed by atoms with van der Waals surface area (Å²) in [6, 6.07) is 10.7. The van der Waals surface area contributed by atoms with Gasteiger partial charge in [-0.2, -0.15) is 0 Å². The van der Waals surface area contributed by atoms with Crippen LogP contribution in [0, 0.1) is 5.41 Å². The normalized spacial score (nSPS) is 24.1. The molecular weight excluding hydrogens is 244 g/mol. The summed E-state index contributed by atoms with van der Waals surface area (Å²) in [5.41, 5.74) is 8.31. The molecule has 1 spiro atoms. The molecule has 0 amide bonds. The van der Waals surface area contributed by atoms with E-state index in [0.29, 0.717) is 0 Å². The van der Waals surface area contributed by atoms with Crippen molar-refractivity contribution in [3.63, 3.8) is 0 Å². The van der Waals surface area contributed by atoms with Gasteiger partial charge in [0.1, 0.15) is 0 Å². The van der Waals surface area contributed by atoms with Crippen LogP contribution in [-0.4, -0.2) is 24.5 Å². The number of likely N-dealkylation sites (tertiary alicyclic amines) is 1. The molecule has 0 bridgehead atoms. The topological polar surface area (TPSA) is 29.3 Å². The van der Waals surface area contributed by atoms with Crippen LogP contribution in [0.5, 0.6) is 0 Å². The lowest BCUT2D eigenvalue weighted by Gasteiger charge is -2.39. The van der Waals surface area contributed by atoms with Gasteiger partial charge in [-0.15, -0.1) is 0 Å². The van der Waals surface area contributed by atoms with Crippen molar-refractivity contribution in [2.24, 2.45) is 11.1 Å². The fraction of sp³-hybridized carbons (Fsp3) is 0.667. The molecule has 0 aromatic heterocycles. The third-order valence-electron chi connectivity index (χ3n) is 5.56. The van der Waals surface area contributed by atoms with Crippen molar-refractivity contribution >= 4 is 0 Å². The van der Waals surface area contributed by atoms with Crippen molar-refractivity contribution in [2.45, 2.75) is 51.0 Å². The second-order valence-corrected chi connectivity index (χ2v) is 6.85. The van der Waals surface area contributed by atoms with E-state index >= 15 is 0 Å². The second kappa shape index (κ2) is 6.28. The van der Waals surface area contributed by atoms with E-state index in [1.165, 1.54) is 57.2 Å². The fourth-order valence-electron chi connectivity index (χ4n) is 4.06. The zero-order valence-electron chi connectivity index (χ0n) is 12.6. The summed E-state index contributed by atoms with van der Waals surface area (Å²) in [5.74, 6) is 0. The molecule has 2 fully saturated rings. The van der Waals surface area contributed by atoms with E-state index in [1.807, 2.05) is 0 Å². The number of hydrogen-bond acceptors (Lipinski definition) is 2. The average molecular weight is 272 g/mol. The third kappa shape index (κ3) is 3.24. The van der Waals surface area contributed by atoms with Crippen LogP contribution in [-0.2, 0) is 0 Å². The Morgan fingerprint density at radius 1 is 1.00 bits per heavy atom. The van der Waals surface area contributed by atoms with Gasteiger partial charge < -0.3 is 10.6 Å². The number of nitrogens with two attached hydrogens (primary N) is 1. The second-order valence-electron chi connectivity index (χ2n) is 6.85. The van der Waals surface area contributed by atoms with Crippen LogP contribution in [0.15, 0.2) is 30.3 Å². The maximum atomic E-state index is 6.30. The molecule has 2 heteroatoms. The maximum absolute atomic E-state index is 6.30. The van der Waals surface area contributed by atoms with Crippen molar-refractivity contribution < 1.29 is 0 Å². The van der Waals surface area contributed by atoms with Gasteiger partial charge >= 0.3 is 0 Å². The van der Waals surface area contributed by atoms with Crippen LogP contribution < -0.4 is 5.73 Å². The van der Waals surface area contributed by atoms with E-state index < -0.39 is 0 Å². The Hall–Kier alpha value is -0.860. The first-order valence-corrected chi connectivity index (χ1v) is 8.30. The van der Waals surface area contributed by atoms with Gasteiger partial charge in [0.15, 0.2) is 0 Å². The smallest absolute Gasteiger partial charge is 0.0307 e. The highest BCUT2D eigenvalue weighted by Crippen LogP contribution is 2.46. The Morgan fingerprint density at radius 3 is 2.30 bits per heavy atom. The summed E-state index contributed by atoms with van der Waals surface area (Å²) in [7, 11) is 0. The number of piperidine rings is 1. The minimum Gasteiger partial charge on any atom is -0.324 e. The maximum Gasteiger partial charge on any atom is 0.0307 e. The predicted octanol–water partition coefficient (Wildman–Crippen LogP) is 3.73. The molecule has 2 aliphatic rings. The number of rotatable bonds is 4. The van der Waals surface area contributed by atoms with Crippen molar-refractivity contribution in [2.75, 3.05) is 19.6 Å². The molecule has 2 nitrogen and oxygen atoms in total. The molecule has 1 saturated heterocycles. The van der Waals surface area contributed by atoms with Gasteiger partial charge in [-0.25, -0.2) is 0 Å². The number of nitrogens with zero attached hydrogens (tertiary/aromatic N) is 1. The molecule has 1 aliphatic heterocycles. The summed E-state index contributed by atoms with van der Waals surface area (Å²) in [4.78, 5) is 2.63. The van der Waals surface area contributed by atoms with Gasteiger partial charge in [-0.1, -0.05) is 43.2 Å². The lowest BCUT2D eigenvalue weighted by atomic mass is 9.77. The Kier molecular flexibility index (Phi) is 4.42. The van der Waals surface area contributed by atoms with Crippen LogP contribution in [0.2, 0.25) is 0 Å². The summed E-state index contributed by atoms with van der Waals surface area (Å²) in [5, 5.41) is 0. The van der Waals surface area contributed by atoms with Crippen molar-refractivity contribution in [1.29, 1.82) is 0 Å². The largest absolute Gasteiger partial charge is 0.324 e. The van der Waals surface area contributed by atoms with Crippen molar-refractivity contribution in [1.82, 2.24) is 4.90 Å². The molecule has 1 unspecified atom stereocenters. The monoisotopic (exact) mass is 272 g/mol. The standard InChI is InChI=1S/C18H28N2/c19-17(16-6-2-1-3-7-16)8-13-20-14-11-18(12-15-20)9-4-5-10-18/h1-3,6-7,17H,4-5,8-15,19H2. The van der Waals surface area contributed by atoms with E-state index in [-0.39, 0.29) is 6.04 Å². The summed E-state index contributed by atoms with van der Waals surface area (Å²) < 4.78 is 0. The summed E-state index contributed by atoms with van der Waals surface area (Å²) in [6.45, 7) is 3.75. The first kappa shape index (κ1) is 14.1. The quantitative estimate of drug-likeness (QED) is 0.905.